The molecule has 7 nitrogen and oxygen atoms in total. The number of piperidine rings is 1. The minimum atomic E-state index is 0.0341. The number of anilines is 1. The molecule has 1 amide bonds. The van der Waals surface area contributed by atoms with Gasteiger partial charge in [-0.2, -0.15) is 5.10 Å². The molecule has 1 aliphatic rings. The second-order valence-electron chi connectivity index (χ2n) is 6.26. The largest absolute Gasteiger partial charge is 0.371 e. The first-order valence-corrected chi connectivity index (χ1v) is 8.47. The first kappa shape index (κ1) is 15.6. The van der Waals surface area contributed by atoms with Crippen molar-refractivity contribution >= 4 is 17.2 Å². The number of pyridine rings is 1. The van der Waals surface area contributed by atoms with Gasteiger partial charge < -0.3 is 10.2 Å². The van der Waals surface area contributed by atoms with Crippen molar-refractivity contribution in [3.63, 3.8) is 0 Å². The fourth-order valence-electron chi connectivity index (χ4n) is 3.40. The van der Waals surface area contributed by atoms with Crippen LogP contribution in [0.1, 0.15) is 34.8 Å². The van der Waals surface area contributed by atoms with Gasteiger partial charge in [-0.1, -0.05) is 0 Å². The molecule has 0 radical (unpaired) electrons. The summed E-state index contributed by atoms with van der Waals surface area (Å²) in [5, 5.41) is 7.47. The maximum atomic E-state index is 12.7. The van der Waals surface area contributed by atoms with E-state index in [9.17, 15) is 4.79 Å². The zero-order valence-corrected chi connectivity index (χ0v) is 14.1. The molecule has 7 heteroatoms. The Bertz CT molecular complexity index is 891. The minimum absolute atomic E-state index is 0.0341. The minimum Gasteiger partial charge on any atom is -0.371 e. The fraction of sp³-hybridized carbons (Fsp3) is 0.333. The van der Waals surface area contributed by atoms with Gasteiger partial charge >= 0.3 is 0 Å². The van der Waals surface area contributed by atoms with Crippen molar-refractivity contribution in [1.29, 1.82) is 0 Å². The van der Waals surface area contributed by atoms with E-state index in [4.69, 9.17) is 4.98 Å². The third-order valence-electron chi connectivity index (χ3n) is 4.68. The van der Waals surface area contributed by atoms with Gasteiger partial charge in [0.05, 0.1) is 23.7 Å². The molecule has 3 aromatic heterocycles. The molecule has 0 aromatic carbocycles. The number of nitrogens with one attached hydrogen (secondary N) is 1. The maximum Gasteiger partial charge on any atom is 0.255 e. The molecule has 1 saturated heterocycles. The van der Waals surface area contributed by atoms with Crippen LogP contribution in [-0.2, 0) is 0 Å². The van der Waals surface area contributed by atoms with Crippen molar-refractivity contribution in [2.24, 2.45) is 0 Å². The number of aromatic nitrogens is 4. The molecule has 1 atom stereocenters. The number of carbonyl (C=O) groups excluding carboxylic acids is 1. The summed E-state index contributed by atoms with van der Waals surface area (Å²) < 4.78 is 1.84. The van der Waals surface area contributed by atoms with E-state index < -0.39 is 0 Å². The lowest BCUT2D eigenvalue weighted by molar-refractivity contribution is 0.0705. The molecule has 0 saturated carbocycles. The summed E-state index contributed by atoms with van der Waals surface area (Å²) in [6.07, 6.45) is 9.02. The van der Waals surface area contributed by atoms with Gasteiger partial charge in [0.2, 0.25) is 0 Å². The van der Waals surface area contributed by atoms with Crippen molar-refractivity contribution in [2.75, 3.05) is 25.5 Å². The fourth-order valence-corrected chi connectivity index (χ4v) is 3.40. The molecule has 128 valence electrons. The smallest absolute Gasteiger partial charge is 0.255 e. The van der Waals surface area contributed by atoms with Crippen molar-refractivity contribution < 1.29 is 4.79 Å². The Morgan fingerprint density at radius 1 is 1.32 bits per heavy atom. The highest BCUT2D eigenvalue weighted by Crippen LogP contribution is 2.28. The molecule has 1 aliphatic heterocycles. The molecule has 0 unspecified atom stereocenters. The van der Waals surface area contributed by atoms with Gasteiger partial charge in [0.25, 0.3) is 5.91 Å². The third kappa shape index (κ3) is 2.93. The first-order valence-electron chi connectivity index (χ1n) is 8.47. The van der Waals surface area contributed by atoms with E-state index in [1.807, 2.05) is 34.8 Å². The number of hydrogen-bond donors (Lipinski definition) is 1. The molecule has 25 heavy (non-hydrogen) atoms. The van der Waals surface area contributed by atoms with Gasteiger partial charge in [-0.15, -0.1) is 0 Å². The van der Waals surface area contributed by atoms with Gasteiger partial charge in [0, 0.05) is 38.4 Å². The summed E-state index contributed by atoms with van der Waals surface area (Å²) in [4.78, 5) is 23.4. The van der Waals surface area contributed by atoms with E-state index in [-0.39, 0.29) is 11.8 Å². The molecule has 3 aromatic rings. The highest BCUT2D eigenvalue weighted by molar-refractivity contribution is 5.94. The lowest BCUT2D eigenvalue weighted by atomic mass is 9.94. The average Bonchev–Trinajstić information content (AvgIpc) is 3.16. The predicted molar refractivity (Wildman–Crippen MR) is 94.6 cm³/mol. The van der Waals surface area contributed by atoms with Crippen LogP contribution in [0.25, 0.3) is 5.52 Å². The topological polar surface area (TPSA) is 75.4 Å². The summed E-state index contributed by atoms with van der Waals surface area (Å²) in [6, 6.07) is 5.54. The average molecular weight is 336 g/mol. The lowest BCUT2D eigenvalue weighted by Gasteiger charge is -2.32. The Balaban J connectivity index is 1.60. The molecular formula is C18H20N6O. The SMILES string of the molecule is CNc1nc([C@@H]2CCCN(C(=O)c3cccnc3)C2)cn2nccc12. The Kier molecular flexibility index (Phi) is 4.05. The van der Waals surface area contributed by atoms with Crippen molar-refractivity contribution in [3.8, 4) is 0 Å². The van der Waals surface area contributed by atoms with Crippen LogP contribution in [0.5, 0.6) is 0 Å². The highest BCUT2D eigenvalue weighted by Gasteiger charge is 2.27. The number of hydrogen-bond acceptors (Lipinski definition) is 5. The van der Waals surface area contributed by atoms with Gasteiger partial charge in [-0.3, -0.25) is 9.78 Å². The molecule has 0 bridgehead atoms. The van der Waals surface area contributed by atoms with Gasteiger partial charge in [-0.05, 0) is 31.0 Å². The Labute approximate surface area is 145 Å². The van der Waals surface area contributed by atoms with Crippen molar-refractivity contribution in [2.45, 2.75) is 18.8 Å². The molecule has 4 rings (SSSR count). The van der Waals surface area contributed by atoms with Crippen LogP contribution in [0.4, 0.5) is 5.82 Å². The Hall–Kier alpha value is -2.96. The first-order chi connectivity index (χ1) is 12.3. The standard InChI is InChI=1S/C18H20N6O/c1-19-17-16-6-8-21-24(16)12-15(22-17)14-5-3-9-23(11-14)18(25)13-4-2-7-20-10-13/h2,4,6-8,10,12,14H,3,5,9,11H2,1H3,(H,19,22)/t14-/m1/s1. The number of rotatable bonds is 3. The molecular weight excluding hydrogens is 316 g/mol. The lowest BCUT2D eigenvalue weighted by Crippen LogP contribution is -2.39. The van der Waals surface area contributed by atoms with E-state index in [1.54, 1.807) is 24.7 Å². The van der Waals surface area contributed by atoms with Crippen LogP contribution >= 0.6 is 0 Å². The number of amides is 1. The number of fused-ring (bicyclic) bond motifs is 1. The molecule has 0 spiro atoms. The van der Waals surface area contributed by atoms with Crippen LogP contribution in [0.15, 0.2) is 43.0 Å². The van der Waals surface area contributed by atoms with Crippen LogP contribution < -0.4 is 5.32 Å². The molecule has 0 aliphatic carbocycles. The summed E-state index contributed by atoms with van der Waals surface area (Å²) in [7, 11) is 1.86. The van der Waals surface area contributed by atoms with E-state index >= 15 is 0 Å². The van der Waals surface area contributed by atoms with E-state index in [2.05, 4.69) is 15.4 Å². The van der Waals surface area contributed by atoms with Crippen molar-refractivity contribution in [1.82, 2.24) is 24.5 Å². The zero-order chi connectivity index (χ0) is 17.2. The van der Waals surface area contributed by atoms with Crippen LogP contribution in [-0.4, -0.2) is 50.5 Å². The van der Waals surface area contributed by atoms with Gasteiger partial charge in [0.15, 0.2) is 5.82 Å². The number of carbonyl (C=O) groups is 1. The third-order valence-corrected chi connectivity index (χ3v) is 4.68. The second kappa shape index (κ2) is 6.51. The summed E-state index contributed by atoms with van der Waals surface area (Å²) >= 11 is 0. The molecule has 4 heterocycles. The second-order valence-corrected chi connectivity index (χ2v) is 6.26. The van der Waals surface area contributed by atoms with E-state index in [0.717, 1.165) is 36.4 Å². The van der Waals surface area contributed by atoms with Crippen LogP contribution in [0, 0.1) is 0 Å². The van der Waals surface area contributed by atoms with Gasteiger partial charge in [0.1, 0.15) is 5.52 Å². The number of likely N-dealkylation sites (tertiary alicyclic amines) is 1. The summed E-state index contributed by atoms with van der Waals surface area (Å²) in [5.74, 6) is 1.05. The Morgan fingerprint density at radius 2 is 2.24 bits per heavy atom. The van der Waals surface area contributed by atoms with Crippen LogP contribution in [0.2, 0.25) is 0 Å². The number of nitrogens with zero attached hydrogens (tertiary/aromatic N) is 5. The quantitative estimate of drug-likeness (QED) is 0.793. The monoisotopic (exact) mass is 336 g/mol. The maximum absolute atomic E-state index is 12.7. The Morgan fingerprint density at radius 3 is 3.04 bits per heavy atom. The predicted octanol–water partition coefficient (Wildman–Crippen LogP) is 2.19. The van der Waals surface area contributed by atoms with Crippen molar-refractivity contribution in [3.05, 3.63) is 54.2 Å². The van der Waals surface area contributed by atoms with Gasteiger partial charge in [-0.25, -0.2) is 9.50 Å². The molecule has 1 fully saturated rings. The summed E-state index contributed by atoms with van der Waals surface area (Å²) in [6.45, 7) is 1.43. The molecule has 1 N–H and O–H groups in total. The highest BCUT2D eigenvalue weighted by atomic mass is 16.2. The van der Waals surface area contributed by atoms with Crippen LogP contribution in [0.3, 0.4) is 0 Å². The van der Waals surface area contributed by atoms with E-state index in [1.165, 1.54) is 0 Å². The van der Waals surface area contributed by atoms with E-state index in [0.29, 0.717) is 12.1 Å². The summed E-state index contributed by atoms with van der Waals surface area (Å²) in [5.41, 5.74) is 2.55. The normalized spacial score (nSPS) is 17.6. The zero-order valence-electron chi connectivity index (χ0n) is 14.1.